The molecular weight excluding hydrogens is 749 g/mol. The number of sulfonamides is 1. The van der Waals surface area contributed by atoms with Crippen LogP contribution in [0.15, 0.2) is 71.6 Å². The summed E-state index contributed by atoms with van der Waals surface area (Å²) in [7, 11) is -3.04. The van der Waals surface area contributed by atoms with Gasteiger partial charge in [-0.15, -0.1) is 0 Å². The lowest BCUT2D eigenvalue weighted by Gasteiger charge is -2.28. The van der Waals surface area contributed by atoms with Crippen molar-refractivity contribution in [2.24, 2.45) is 11.8 Å². The summed E-state index contributed by atoms with van der Waals surface area (Å²) in [5.41, 5.74) is -1.84. The standard InChI is InChI=1S/C31H31F6N5O3S.C2HF3O2/c1-45-24-6-4-5-23(16-24)40-28-26-7-2-3-8-27(26)41-29(42-28)38-17-19-9-11-20(12-10-19)18-39-46(43,44)25-14-21(30(32,33)34)13-22(15-25)31(35,36)37;3-2(4,5)1(6)7/h2-8,13-16,19-20,39H,9-12,17-18H2,1H3,(H2,38,40,41,42);(H,6,7). The van der Waals surface area contributed by atoms with Crippen molar-refractivity contribution in [3.63, 3.8) is 0 Å². The van der Waals surface area contributed by atoms with Gasteiger partial charge in [0.1, 0.15) is 11.6 Å². The number of nitrogens with one attached hydrogen (secondary N) is 3. The number of aromatic nitrogens is 2. The van der Waals surface area contributed by atoms with Crippen molar-refractivity contribution in [3.8, 4) is 5.75 Å². The number of hydrogen-bond donors (Lipinski definition) is 4. The van der Waals surface area contributed by atoms with Crippen LogP contribution in [0, 0.1) is 11.8 Å². The zero-order valence-corrected chi connectivity index (χ0v) is 28.3. The van der Waals surface area contributed by atoms with Gasteiger partial charge in [0.15, 0.2) is 0 Å². The number of para-hydroxylation sites is 1. The van der Waals surface area contributed by atoms with Crippen LogP contribution in [-0.4, -0.2) is 55.8 Å². The van der Waals surface area contributed by atoms with E-state index in [0.717, 1.165) is 29.4 Å². The van der Waals surface area contributed by atoms with Crippen molar-refractivity contribution in [1.29, 1.82) is 0 Å². The Morgan fingerprint density at radius 3 is 1.92 bits per heavy atom. The van der Waals surface area contributed by atoms with Crippen molar-refractivity contribution < 1.29 is 62.6 Å². The number of fused-ring (bicyclic) bond motifs is 1. The normalized spacial score (nSPS) is 16.7. The number of methoxy groups -OCH3 is 1. The largest absolute Gasteiger partial charge is 0.497 e. The van der Waals surface area contributed by atoms with E-state index in [1.54, 1.807) is 7.11 Å². The number of hydrogen-bond acceptors (Lipinski definition) is 8. The molecular formula is C33H32F9N5O5S. The quantitative estimate of drug-likeness (QED) is 0.117. The molecule has 10 nitrogen and oxygen atoms in total. The Hall–Kier alpha value is -4.85. The number of carbonyl (C=O) groups is 1. The molecule has 1 aliphatic rings. The van der Waals surface area contributed by atoms with Crippen LogP contribution < -0.4 is 20.1 Å². The predicted molar refractivity (Wildman–Crippen MR) is 175 cm³/mol. The van der Waals surface area contributed by atoms with Gasteiger partial charge in [0.2, 0.25) is 16.0 Å². The highest BCUT2D eigenvalue weighted by Gasteiger charge is 2.39. The summed E-state index contributed by atoms with van der Waals surface area (Å²) >= 11 is 0. The third kappa shape index (κ3) is 11.6. The fourth-order valence-corrected chi connectivity index (χ4v) is 6.54. The van der Waals surface area contributed by atoms with Gasteiger partial charge in [-0.1, -0.05) is 18.2 Å². The first-order valence-electron chi connectivity index (χ1n) is 15.7. The van der Waals surface area contributed by atoms with E-state index in [0.29, 0.717) is 36.9 Å². The van der Waals surface area contributed by atoms with Crippen LogP contribution in [0.2, 0.25) is 0 Å². The molecule has 53 heavy (non-hydrogen) atoms. The number of nitrogens with zero attached hydrogens (tertiary/aromatic N) is 2. The topological polar surface area (TPSA) is 143 Å². The molecule has 0 bridgehead atoms. The van der Waals surface area contributed by atoms with Crippen LogP contribution in [0.1, 0.15) is 36.8 Å². The summed E-state index contributed by atoms with van der Waals surface area (Å²) in [4.78, 5) is 17.1. The predicted octanol–water partition coefficient (Wildman–Crippen LogP) is 8.25. The molecule has 1 aliphatic carbocycles. The highest BCUT2D eigenvalue weighted by molar-refractivity contribution is 7.89. The monoisotopic (exact) mass is 781 g/mol. The molecule has 1 fully saturated rings. The summed E-state index contributed by atoms with van der Waals surface area (Å²) < 4.78 is 144. The Balaban J connectivity index is 0.000000815. The van der Waals surface area contributed by atoms with Gasteiger partial charge in [-0.05, 0) is 80.0 Å². The highest BCUT2D eigenvalue weighted by Crippen LogP contribution is 2.37. The van der Waals surface area contributed by atoms with Crippen molar-refractivity contribution in [1.82, 2.24) is 14.7 Å². The van der Waals surface area contributed by atoms with Crippen LogP contribution in [0.4, 0.5) is 57.0 Å². The summed E-state index contributed by atoms with van der Waals surface area (Å²) in [6.07, 6.45) is -12.7. The van der Waals surface area contributed by atoms with Gasteiger partial charge in [0.05, 0.1) is 28.6 Å². The number of aliphatic carboxylic acids is 1. The first kappa shape index (κ1) is 40.9. The molecule has 20 heteroatoms. The maximum atomic E-state index is 13.2. The molecule has 4 N–H and O–H groups in total. The molecule has 0 saturated heterocycles. The first-order chi connectivity index (χ1) is 24.7. The number of alkyl halides is 9. The molecule has 288 valence electrons. The molecule has 1 saturated carbocycles. The third-order valence-corrected chi connectivity index (χ3v) is 9.53. The van der Waals surface area contributed by atoms with Crippen LogP contribution in [0.25, 0.3) is 10.9 Å². The number of halogens is 9. The molecule has 0 unspecified atom stereocenters. The average molecular weight is 782 g/mol. The molecule has 0 atom stereocenters. The van der Waals surface area contributed by atoms with Gasteiger partial charge in [-0.25, -0.2) is 22.9 Å². The second-order valence-electron chi connectivity index (χ2n) is 11.9. The molecule has 0 radical (unpaired) electrons. The van der Waals surface area contributed by atoms with Crippen molar-refractivity contribution >= 4 is 44.3 Å². The van der Waals surface area contributed by atoms with Gasteiger partial charge in [0, 0.05) is 30.2 Å². The minimum atomic E-state index is -5.15. The van der Waals surface area contributed by atoms with E-state index in [-0.39, 0.29) is 36.6 Å². The molecule has 4 aromatic rings. The fraction of sp³-hybridized carbons (Fsp3) is 0.364. The van der Waals surface area contributed by atoms with Gasteiger partial charge in [0.25, 0.3) is 0 Å². The maximum Gasteiger partial charge on any atom is 0.490 e. The van der Waals surface area contributed by atoms with Crippen LogP contribution >= 0.6 is 0 Å². The van der Waals surface area contributed by atoms with Crippen LogP contribution in [-0.2, 0) is 27.2 Å². The number of carboxylic acid groups (broad SMARTS) is 1. The highest BCUT2D eigenvalue weighted by atomic mass is 32.2. The van der Waals surface area contributed by atoms with Crippen molar-refractivity contribution in [3.05, 3.63) is 77.9 Å². The van der Waals surface area contributed by atoms with Crippen LogP contribution in [0.5, 0.6) is 5.75 Å². The van der Waals surface area contributed by atoms with Gasteiger partial charge >= 0.3 is 24.5 Å². The lowest BCUT2D eigenvalue weighted by atomic mass is 9.82. The minimum Gasteiger partial charge on any atom is -0.497 e. The first-order valence-corrected chi connectivity index (χ1v) is 17.1. The van der Waals surface area contributed by atoms with Crippen molar-refractivity contribution in [2.45, 2.75) is 49.1 Å². The number of ether oxygens (including phenoxy) is 1. The molecule has 3 aromatic carbocycles. The van der Waals surface area contributed by atoms with E-state index in [1.165, 1.54) is 0 Å². The smallest absolute Gasteiger partial charge is 0.490 e. The summed E-state index contributed by atoms with van der Waals surface area (Å²) in [5, 5.41) is 14.6. The van der Waals surface area contributed by atoms with Crippen LogP contribution in [0.3, 0.4) is 0 Å². The number of anilines is 3. The molecule has 1 aromatic heterocycles. The van der Waals surface area contributed by atoms with Gasteiger partial charge in [-0.3, -0.25) is 0 Å². The Morgan fingerprint density at radius 2 is 1.38 bits per heavy atom. The second kappa shape index (κ2) is 16.4. The number of rotatable bonds is 10. The Labute approximate surface area is 296 Å². The SMILES string of the molecule is COc1cccc(Nc2nc(NCC3CCC(CNS(=O)(=O)c4cc(C(F)(F)F)cc(C(F)(F)F)c4)CC3)nc3ccccc23)c1.O=C(O)C(F)(F)F. The molecule has 0 amide bonds. The Kier molecular flexibility index (Phi) is 12.7. The van der Waals surface area contributed by atoms with E-state index in [2.05, 4.69) is 25.3 Å². The van der Waals surface area contributed by atoms with E-state index >= 15 is 0 Å². The molecule has 5 rings (SSSR count). The van der Waals surface area contributed by atoms with Gasteiger partial charge < -0.3 is 20.5 Å². The summed E-state index contributed by atoms with van der Waals surface area (Å²) in [6, 6.07) is 15.3. The third-order valence-electron chi connectivity index (χ3n) is 8.13. The average Bonchev–Trinajstić information content (AvgIpc) is 3.09. The van der Waals surface area contributed by atoms with E-state index < -0.39 is 50.5 Å². The molecule has 0 aliphatic heterocycles. The fourth-order valence-electron chi connectivity index (χ4n) is 5.36. The maximum absolute atomic E-state index is 13.2. The summed E-state index contributed by atoms with van der Waals surface area (Å²) in [5.74, 6) is -0.937. The minimum absolute atomic E-state index is 0.102. The van der Waals surface area contributed by atoms with E-state index in [9.17, 15) is 47.9 Å². The molecule has 1 heterocycles. The summed E-state index contributed by atoms with van der Waals surface area (Å²) in [6.45, 7) is 0.451. The van der Waals surface area contributed by atoms with E-state index in [4.69, 9.17) is 14.6 Å². The number of benzene rings is 3. The lowest BCUT2D eigenvalue weighted by Crippen LogP contribution is -2.32. The lowest BCUT2D eigenvalue weighted by molar-refractivity contribution is -0.192. The zero-order valence-electron chi connectivity index (χ0n) is 27.5. The second-order valence-corrected chi connectivity index (χ2v) is 13.7. The Bertz CT molecular complexity index is 1970. The van der Waals surface area contributed by atoms with Gasteiger partial charge in [-0.2, -0.15) is 44.5 Å². The zero-order chi connectivity index (χ0) is 39.2. The Morgan fingerprint density at radius 1 is 0.811 bits per heavy atom. The molecule has 0 spiro atoms. The van der Waals surface area contributed by atoms with Crippen molar-refractivity contribution in [2.75, 3.05) is 30.8 Å². The number of carboxylic acids is 1. The van der Waals surface area contributed by atoms with E-state index in [1.807, 2.05) is 48.5 Å².